The molecule has 0 unspecified atom stereocenters. The van der Waals surface area contributed by atoms with Crippen molar-refractivity contribution in [1.29, 1.82) is 0 Å². The molecule has 0 atom stereocenters. The van der Waals surface area contributed by atoms with Gasteiger partial charge in [0.2, 0.25) is 0 Å². The first kappa shape index (κ1) is 12.7. The van der Waals surface area contributed by atoms with Crippen LogP contribution in [0.3, 0.4) is 0 Å². The Morgan fingerprint density at radius 3 is 2.53 bits per heavy atom. The van der Waals surface area contributed by atoms with Crippen molar-refractivity contribution in [2.24, 2.45) is 0 Å². The van der Waals surface area contributed by atoms with Gasteiger partial charge in [-0.05, 0) is 0 Å². The van der Waals surface area contributed by atoms with Crippen molar-refractivity contribution in [3.05, 3.63) is 34.8 Å². The van der Waals surface area contributed by atoms with Crippen molar-refractivity contribution >= 4 is 17.2 Å². The van der Waals surface area contributed by atoms with Gasteiger partial charge in [0.1, 0.15) is 11.5 Å². The SMILES string of the molecule is COc1cc(Nc2cnc[nH]2)c([N+](=O)[O-])cc1OC. The molecule has 0 aliphatic heterocycles. The number of nitro groups is 1. The van der Waals surface area contributed by atoms with Gasteiger partial charge in [-0.25, -0.2) is 4.98 Å². The number of aromatic nitrogens is 2. The highest BCUT2D eigenvalue weighted by atomic mass is 16.6. The van der Waals surface area contributed by atoms with Crippen LogP contribution in [0.25, 0.3) is 0 Å². The molecule has 0 bridgehead atoms. The molecule has 0 spiro atoms. The van der Waals surface area contributed by atoms with E-state index >= 15 is 0 Å². The first-order chi connectivity index (χ1) is 9.15. The predicted molar refractivity (Wildman–Crippen MR) is 68.1 cm³/mol. The summed E-state index contributed by atoms with van der Waals surface area (Å²) in [6, 6.07) is 2.80. The number of benzene rings is 1. The number of anilines is 2. The molecule has 1 heterocycles. The normalized spacial score (nSPS) is 10.0. The van der Waals surface area contributed by atoms with Gasteiger partial charge in [-0.3, -0.25) is 10.1 Å². The van der Waals surface area contributed by atoms with Crippen molar-refractivity contribution in [1.82, 2.24) is 9.97 Å². The molecular weight excluding hydrogens is 252 g/mol. The average molecular weight is 264 g/mol. The third-order valence-corrected chi connectivity index (χ3v) is 2.47. The number of nitrogens with one attached hydrogen (secondary N) is 2. The fourth-order valence-electron chi connectivity index (χ4n) is 1.59. The molecule has 0 radical (unpaired) electrons. The van der Waals surface area contributed by atoms with Crippen LogP contribution < -0.4 is 14.8 Å². The van der Waals surface area contributed by atoms with E-state index in [4.69, 9.17) is 9.47 Å². The summed E-state index contributed by atoms with van der Waals surface area (Å²) in [5, 5.41) is 13.9. The molecule has 19 heavy (non-hydrogen) atoms. The number of hydrogen-bond acceptors (Lipinski definition) is 6. The Hall–Kier alpha value is -2.77. The van der Waals surface area contributed by atoms with Gasteiger partial charge in [0, 0.05) is 6.07 Å². The Bertz CT molecular complexity index is 583. The van der Waals surface area contributed by atoms with E-state index < -0.39 is 4.92 Å². The van der Waals surface area contributed by atoms with E-state index in [9.17, 15) is 10.1 Å². The second-order valence-electron chi connectivity index (χ2n) is 3.57. The zero-order valence-corrected chi connectivity index (χ0v) is 10.3. The number of H-pyrrole nitrogens is 1. The summed E-state index contributed by atoms with van der Waals surface area (Å²) in [5.41, 5.74) is 0.166. The molecule has 0 aliphatic rings. The van der Waals surface area contributed by atoms with Crippen LogP contribution in [0, 0.1) is 10.1 Å². The maximum absolute atomic E-state index is 11.1. The number of aromatic amines is 1. The van der Waals surface area contributed by atoms with Gasteiger partial charge in [-0.15, -0.1) is 0 Å². The summed E-state index contributed by atoms with van der Waals surface area (Å²) in [6.07, 6.45) is 2.98. The maximum Gasteiger partial charge on any atom is 0.296 e. The Kier molecular flexibility index (Phi) is 3.51. The minimum absolute atomic E-state index is 0.118. The van der Waals surface area contributed by atoms with Crippen molar-refractivity contribution in [3.63, 3.8) is 0 Å². The second-order valence-corrected chi connectivity index (χ2v) is 3.57. The molecule has 2 N–H and O–H groups in total. The van der Waals surface area contributed by atoms with Crippen molar-refractivity contribution in [2.75, 3.05) is 19.5 Å². The summed E-state index contributed by atoms with van der Waals surface area (Å²) >= 11 is 0. The molecule has 8 nitrogen and oxygen atoms in total. The zero-order valence-electron chi connectivity index (χ0n) is 10.3. The van der Waals surface area contributed by atoms with Crippen LogP contribution in [0.2, 0.25) is 0 Å². The summed E-state index contributed by atoms with van der Waals surface area (Å²) in [5.74, 6) is 1.23. The van der Waals surface area contributed by atoms with Crippen molar-refractivity contribution < 1.29 is 14.4 Å². The lowest BCUT2D eigenvalue weighted by atomic mass is 10.2. The second kappa shape index (κ2) is 5.25. The lowest BCUT2D eigenvalue weighted by Gasteiger charge is -2.11. The van der Waals surface area contributed by atoms with Gasteiger partial charge in [0.25, 0.3) is 5.69 Å². The maximum atomic E-state index is 11.1. The van der Waals surface area contributed by atoms with E-state index in [0.717, 1.165) is 0 Å². The molecule has 8 heteroatoms. The number of ether oxygens (including phenoxy) is 2. The minimum atomic E-state index is -0.499. The topological polar surface area (TPSA) is 102 Å². The van der Waals surface area contributed by atoms with Crippen molar-refractivity contribution in [3.8, 4) is 11.5 Å². The van der Waals surface area contributed by atoms with Crippen molar-refractivity contribution in [2.45, 2.75) is 0 Å². The monoisotopic (exact) mass is 264 g/mol. The number of nitro benzene ring substituents is 1. The van der Waals surface area contributed by atoms with Crippen LogP contribution in [-0.2, 0) is 0 Å². The average Bonchev–Trinajstić information content (AvgIpc) is 2.90. The van der Waals surface area contributed by atoms with Gasteiger partial charge in [0.05, 0.1) is 37.7 Å². The van der Waals surface area contributed by atoms with E-state index in [1.54, 1.807) is 0 Å². The van der Waals surface area contributed by atoms with E-state index in [-0.39, 0.29) is 11.4 Å². The lowest BCUT2D eigenvalue weighted by Crippen LogP contribution is -2.00. The number of methoxy groups -OCH3 is 2. The summed E-state index contributed by atoms with van der Waals surface area (Å²) in [6.45, 7) is 0. The Balaban J connectivity index is 2.47. The predicted octanol–water partition coefficient (Wildman–Crippen LogP) is 2.08. The van der Waals surface area contributed by atoms with Gasteiger partial charge in [-0.2, -0.15) is 0 Å². The standard InChI is InChI=1S/C11H12N4O4/c1-18-9-3-7(14-11-5-12-6-13-11)8(15(16)17)4-10(9)19-2/h3-6,14H,1-2H3,(H,12,13). The molecule has 0 saturated carbocycles. The fraction of sp³-hybridized carbons (Fsp3) is 0.182. The summed E-state index contributed by atoms with van der Waals surface area (Å²) in [7, 11) is 2.88. The third-order valence-electron chi connectivity index (χ3n) is 2.47. The number of imidazole rings is 1. The van der Waals surface area contributed by atoms with Crippen LogP contribution in [0.4, 0.5) is 17.2 Å². The largest absolute Gasteiger partial charge is 0.493 e. The molecule has 0 aliphatic carbocycles. The summed E-state index contributed by atoms with van der Waals surface area (Å²) in [4.78, 5) is 17.2. The Morgan fingerprint density at radius 2 is 2.00 bits per heavy atom. The lowest BCUT2D eigenvalue weighted by molar-refractivity contribution is -0.384. The Morgan fingerprint density at radius 1 is 1.32 bits per heavy atom. The number of hydrogen-bond donors (Lipinski definition) is 2. The van der Waals surface area contributed by atoms with E-state index in [0.29, 0.717) is 17.3 Å². The quantitative estimate of drug-likeness (QED) is 0.633. The number of nitrogens with zero attached hydrogens (tertiary/aromatic N) is 2. The first-order valence-corrected chi connectivity index (χ1v) is 5.31. The van der Waals surface area contributed by atoms with Crippen LogP contribution in [0.15, 0.2) is 24.7 Å². The highest BCUT2D eigenvalue weighted by Gasteiger charge is 2.19. The molecule has 2 aromatic rings. The molecule has 1 aromatic heterocycles. The van der Waals surface area contributed by atoms with E-state index in [1.165, 1.54) is 38.9 Å². The Labute approximate surface area is 108 Å². The van der Waals surface area contributed by atoms with E-state index in [2.05, 4.69) is 15.3 Å². The van der Waals surface area contributed by atoms with Gasteiger partial charge in [-0.1, -0.05) is 0 Å². The van der Waals surface area contributed by atoms with Crippen LogP contribution in [0.5, 0.6) is 11.5 Å². The highest BCUT2D eigenvalue weighted by molar-refractivity contribution is 5.72. The molecular formula is C11H12N4O4. The number of rotatable bonds is 5. The minimum Gasteiger partial charge on any atom is -0.493 e. The fourth-order valence-corrected chi connectivity index (χ4v) is 1.59. The molecule has 100 valence electrons. The van der Waals surface area contributed by atoms with Crippen LogP contribution >= 0.6 is 0 Å². The molecule has 1 aromatic carbocycles. The van der Waals surface area contributed by atoms with Crippen LogP contribution in [0.1, 0.15) is 0 Å². The molecule has 2 rings (SSSR count). The van der Waals surface area contributed by atoms with Gasteiger partial charge in [0.15, 0.2) is 11.5 Å². The zero-order chi connectivity index (χ0) is 13.8. The highest BCUT2D eigenvalue weighted by Crippen LogP contribution is 2.38. The first-order valence-electron chi connectivity index (χ1n) is 5.31. The molecule has 0 saturated heterocycles. The molecule has 0 amide bonds. The third kappa shape index (κ3) is 2.57. The summed E-state index contributed by atoms with van der Waals surface area (Å²) < 4.78 is 10.2. The van der Waals surface area contributed by atoms with Gasteiger partial charge >= 0.3 is 0 Å². The van der Waals surface area contributed by atoms with E-state index in [1.807, 2.05) is 0 Å². The smallest absolute Gasteiger partial charge is 0.296 e. The van der Waals surface area contributed by atoms with Gasteiger partial charge < -0.3 is 19.8 Å². The van der Waals surface area contributed by atoms with Crippen LogP contribution in [-0.4, -0.2) is 29.1 Å². The molecule has 0 fully saturated rings.